The maximum atomic E-state index is 13.1. The van der Waals surface area contributed by atoms with Gasteiger partial charge >= 0.3 is 0 Å². The van der Waals surface area contributed by atoms with Crippen LogP contribution >= 0.6 is 0 Å². The quantitative estimate of drug-likeness (QED) is 0.826. The van der Waals surface area contributed by atoms with Gasteiger partial charge in [0.25, 0.3) is 0 Å². The van der Waals surface area contributed by atoms with E-state index in [2.05, 4.69) is 28.8 Å². The minimum Gasteiger partial charge on any atom is -0.384 e. The Balaban J connectivity index is 2.04. The van der Waals surface area contributed by atoms with Gasteiger partial charge in [-0.25, -0.2) is 0 Å². The molecule has 3 rings (SSSR count). The third-order valence-electron chi connectivity index (χ3n) is 4.19. The van der Waals surface area contributed by atoms with Gasteiger partial charge in [-0.2, -0.15) is 0 Å². The van der Waals surface area contributed by atoms with Crippen LogP contribution in [0.5, 0.6) is 0 Å². The zero-order valence-corrected chi connectivity index (χ0v) is 12.9. The molecular weight excluding hydrogens is 276 g/mol. The molecule has 116 valence electrons. The molecule has 1 atom stereocenters. The second-order valence-corrected chi connectivity index (χ2v) is 5.64. The number of methoxy groups -OCH3 is 1. The summed E-state index contributed by atoms with van der Waals surface area (Å²) in [6.45, 7) is 3.05. The summed E-state index contributed by atoms with van der Waals surface area (Å²) in [5.74, 6) is 0.176. The third-order valence-corrected chi connectivity index (χ3v) is 4.19. The van der Waals surface area contributed by atoms with E-state index in [-0.39, 0.29) is 11.8 Å². The van der Waals surface area contributed by atoms with Crippen molar-refractivity contribution >= 4 is 16.6 Å². The minimum absolute atomic E-state index is 0.152. The van der Waals surface area contributed by atoms with E-state index in [4.69, 9.17) is 4.74 Å². The molecule has 0 radical (unpaired) electrons. The van der Waals surface area contributed by atoms with E-state index in [1.807, 2.05) is 18.2 Å². The van der Waals surface area contributed by atoms with Gasteiger partial charge in [-0.1, -0.05) is 36.4 Å². The molecule has 1 aliphatic rings. The SMILES string of the molecule is COCCc1ccc2ccccc2c1C(=O)[C@@H]1CNCCN1. The van der Waals surface area contributed by atoms with Crippen molar-refractivity contribution in [3.05, 3.63) is 47.5 Å². The molecular formula is C18H22N2O2. The Kier molecular flexibility index (Phi) is 4.83. The van der Waals surface area contributed by atoms with Crippen LogP contribution in [0.25, 0.3) is 10.8 Å². The number of hydrogen-bond donors (Lipinski definition) is 2. The lowest BCUT2D eigenvalue weighted by Crippen LogP contribution is -2.52. The predicted molar refractivity (Wildman–Crippen MR) is 88.5 cm³/mol. The monoisotopic (exact) mass is 298 g/mol. The first-order chi connectivity index (χ1) is 10.8. The van der Waals surface area contributed by atoms with Gasteiger partial charge in [0.15, 0.2) is 5.78 Å². The van der Waals surface area contributed by atoms with E-state index in [9.17, 15) is 4.79 Å². The van der Waals surface area contributed by atoms with Gasteiger partial charge in [-0.15, -0.1) is 0 Å². The lowest BCUT2D eigenvalue weighted by Gasteiger charge is -2.25. The van der Waals surface area contributed by atoms with Crippen molar-refractivity contribution in [3.8, 4) is 0 Å². The third kappa shape index (κ3) is 3.04. The predicted octanol–water partition coefficient (Wildman–Crippen LogP) is 1.77. The highest BCUT2D eigenvalue weighted by molar-refractivity contribution is 6.11. The van der Waals surface area contributed by atoms with E-state index in [1.54, 1.807) is 7.11 Å². The largest absolute Gasteiger partial charge is 0.384 e. The van der Waals surface area contributed by atoms with E-state index in [1.165, 1.54) is 0 Å². The summed E-state index contributed by atoms with van der Waals surface area (Å²) in [7, 11) is 1.69. The number of rotatable bonds is 5. The van der Waals surface area contributed by atoms with Crippen LogP contribution in [0.4, 0.5) is 0 Å². The van der Waals surface area contributed by atoms with E-state index in [0.717, 1.165) is 41.4 Å². The summed E-state index contributed by atoms with van der Waals surface area (Å²) in [5, 5.41) is 8.75. The van der Waals surface area contributed by atoms with Gasteiger partial charge in [0.05, 0.1) is 12.6 Å². The maximum absolute atomic E-state index is 13.1. The van der Waals surface area contributed by atoms with Crippen molar-refractivity contribution in [2.75, 3.05) is 33.4 Å². The van der Waals surface area contributed by atoms with Crippen LogP contribution in [0.2, 0.25) is 0 Å². The van der Waals surface area contributed by atoms with Gasteiger partial charge in [0.2, 0.25) is 0 Å². The van der Waals surface area contributed by atoms with Crippen LogP contribution < -0.4 is 10.6 Å². The highest BCUT2D eigenvalue weighted by Crippen LogP contribution is 2.24. The Morgan fingerprint density at radius 3 is 2.86 bits per heavy atom. The Morgan fingerprint density at radius 2 is 2.09 bits per heavy atom. The van der Waals surface area contributed by atoms with E-state index < -0.39 is 0 Å². The van der Waals surface area contributed by atoms with E-state index in [0.29, 0.717) is 13.2 Å². The van der Waals surface area contributed by atoms with Crippen molar-refractivity contribution < 1.29 is 9.53 Å². The average molecular weight is 298 g/mol. The molecule has 2 aromatic carbocycles. The second-order valence-electron chi connectivity index (χ2n) is 5.64. The molecule has 1 fully saturated rings. The number of carbonyl (C=O) groups is 1. The number of ketones is 1. The lowest BCUT2D eigenvalue weighted by molar-refractivity contribution is 0.0934. The Morgan fingerprint density at radius 1 is 1.23 bits per heavy atom. The first-order valence-corrected chi connectivity index (χ1v) is 7.79. The first-order valence-electron chi connectivity index (χ1n) is 7.79. The van der Waals surface area contributed by atoms with Gasteiger partial charge in [-0.05, 0) is 22.8 Å². The molecule has 1 heterocycles. The molecule has 0 aliphatic carbocycles. The summed E-state index contributed by atoms with van der Waals surface area (Å²) < 4.78 is 5.20. The van der Waals surface area contributed by atoms with E-state index >= 15 is 0 Å². The Hall–Kier alpha value is -1.75. The van der Waals surface area contributed by atoms with Crippen LogP contribution in [0.3, 0.4) is 0 Å². The molecule has 0 amide bonds. The molecule has 0 spiro atoms. The van der Waals surface area contributed by atoms with Crippen LogP contribution in [-0.2, 0) is 11.2 Å². The number of carbonyl (C=O) groups excluding carboxylic acids is 1. The number of piperazine rings is 1. The number of benzene rings is 2. The van der Waals surface area contributed by atoms with Crippen molar-refractivity contribution in [1.82, 2.24) is 10.6 Å². The fraction of sp³-hybridized carbons (Fsp3) is 0.389. The smallest absolute Gasteiger partial charge is 0.181 e. The number of Topliss-reactive ketones (excluding diaryl/α,β-unsaturated/α-hetero) is 1. The molecule has 1 aliphatic heterocycles. The Labute approximate surface area is 130 Å². The van der Waals surface area contributed by atoms with Crippen molar-refractivity contribution in [2.24, 2.45) is 0 Å². The van der Waals surface area contributed by atoms with Gasteiger partial charge in [0.1, 0.15) is 0 Å². The molecule has 1 saturated heterocycles. The highest BCUT2D eigenvalue weighted by Gasteiger charge is 2.25. The number of nitrogens with one attached hydrogen (secondary N) is 2. The average Bonchev–Trinajstić information content (AvgIpc) is 2.59. The van der Waals surface area contributed by atoms with Crippen molar-refractivity contribution in [3.63, 3.8) is 0 Å². The summed E-state index contributed by atoms with van der Waals surface area (Å²) in [6, 6.07) is 12.1. The summed E-state index contributed by atoms with van der Waals surface area (Å²) in [6.07, 6.45) is 0.753. The van der Waals surface area contributed by atoms with Gasteiger partial charge in [-0.3, -0.25) is 4.79 Å². The van der Waals surface area contributed by atoms with Gasteiger partial charge < -0.3 is 15.4 Å². The molecule has 0 aromatic heterocycles. The maximum Gasteiger partial charge on any atom is 0.181 e. The summed E-state index contributed by atoms with van der Waals surface area (Å²) in [4.78, 5) is 13.1. The number of fused-ring (bicyclic) bond motifs is 1. The van der Waals surface area contributed by atoms with Crippen molar-refractivity contribution in [2.45, 2.75) is 12.5 Å². The first kappa shape index (κ1) is 15.2. The summed E-state index contributed by atoms with van der Waals surface area (Å²) in [5.41, 5.74) is 1.91. The minimum atomic E-state index is -0.152. The fourth-order valence-corrected chi connectivity index (χ4v) is 3.04. The second kappa shape index (κ2) is 7.01. The summed E-state index contributed by atoms with van der Waals surface area (Å²) >= 11 is 0. The topological polar surface area (TPSA) is 50.4 Å². The molecule has 2 aromatic rings. The molecule has 4 heteroatoms. The van der Waals surface area contributed by atoms with Crippen LogP contribution in [-0.4, -0.2) is 45.2 Å². The zero-order chi connectivity index (χ0) is 15.4. The van der Waals surface area contributed by atoms with Crippen LogP contribution in [0.1, 0.15) is 15.9 Å². The molecule has 2 N–H and O–H groups in total. The van der Waals surface area contributed by atoms with Crippen LogP contribution in [0, 0.1) is 0 Å². The molecule has 0 bridgehead atoms. The molecule has 4 nitrogen and oxygen atoms in total. The fourth-order valence-electron chi connectivity index (χ4n) is 3.04. The Bertz CT molecular complexity index is 663. The lowest BCUT2D eigenvalue weighted by atomic mass is 9.91. The molecule has 22 heavy (non-hydrogen) atoms. The number of ether oxygens (including phenoxy) is 1. The normalized spacial score (nSPS) is 18.5. The van der Waals surface area contributed by atoms with Crippen molar-refractivity contribution in [1.29, 1.82) is 0 Å². The highest BCUT2D eigenvalue weighted by atomic mass is 16.5. The standard InChI is InChI=1S/C18H22N2O2/c1-22-11-8-14-7-6-13-4-2-3-5-15(13)17(14)18(21)16-12-19-9-10-20-16/h2-7,16,19-20H,8-12H2,1H3/t16-/m0/s1. The molecule has 0 saturated carbocycles. The molecule has 0 unspecified atom stereocenters. The number of hydrogen-bond acceptors (Lipinski definition) is 4. The zero-order valence-electron chi connectivity index (χ0n) is 12.9. The van der Waals surface area contributed by atoms with Crippen LogP contribution in [0.15, 0.2) is 36.4 Å². The van der Waals surface area contributed by atoms with Gasteiger partial charge in [0, 0.05) is 32.3 Å².